The van der Waals surface area contributed by atoms with Crippen molar-refractivity contribution in [2.75, 3.05) is 32.9 Å². The average Bonchev–Trinajstić information content (AvgIpc) is 2.72. The molecule has 0 spiro atoms. The van der Waals surface area contributed by atoms with E-state index in [1.165, 1.54) is 0 Å². The molecule has 2 atom stereocenters. The Morgan fingerprint density at radius 2 is 2.03 bits per heavy atom. The van der Waals surface area contributed by atoms with E-state index in [2.05, 4.69) is 10.6 Å². The number of morpholine rings is 1. The van der Waals surface area contributed by atoms with Gasteiger partial charge in [0.05, 0.1) is 32.5 Å². The van der Waals surface area contributed by atoms with Crippen LogP contribution in [0.15, 0.2) is 24.3 Å². The summed E-state index contributed by atoms with van der Waals surface area (Å²) >= 11 is 5.95. The van der Waals surface area contributed by atoms with E-state index >= 15 is 0 Å². The second-order valence-corrected chi connectivity index (χ2v) is 8.00. The number of amides is 3. The number of rotatable bonds is 9. The summed E-state index contributed by atoms with van der Waals surface area (Å²) in [6, 6.07) is 7.40. The zero-order valence-corrected chi connectivity index (χ0v) is 18.2. The third-order valence-electron chi connectivity index (χ3n) is 4.53. The number of nitrogens with one attached hydrogen (secondary N) is 2. The van der Waals surface area contributed by atoms with Gasteiger partial charge in [-0.15, -0.1) is 0 Å². The lowest BCUT2D eigenvalue weighted by Crippen LogP contribution is -2.55. The maximum Gasteiger partial charge on any atom is 0.318 e. The molecule has 1 saturated heterocycles. The van der Waals surface area contributed by atoms with Crippen LogP contribution in [0.25, 0.3) is 0 Å². The van der Waals surface area contributed by atoms with Crippen molar-refractivity contribution in [3.63, 3.8) is 0 Å². The summed E-state index contributed by atoms with van der Waals surface area (Å²) in [7, 11) is 0. The molecule has 1 aliphatic rings. The highest BCUT2D eigenvalue weighted by atomic mass is 35.5. The molecule has 1 heterocycles. The van der Waals surface area contributed by atoms with Crippen LogP contribution in [-0.4, -0.2) is 61.8 Å². The van der Waals surface area contributed by atoms with Gasteiger partial charge in [0.2, 0.25) is 5.91 Å². The van der Waals surface area contributed by atoms with Crippen LogP contribution in [0.3, 0.4) is 0 Å². The van der Waals surface area contributed by atoms with E-state index in [1.807, 2.05) is 32.0 Å². The number of benzene rings is 1. The quantitative estimate of drug-likeness (QED) is 0.618. The standard InChI is InChI=1S/C21H29ClN4O4/c1-15(2)10-19(25-21(28)26-6-8-29-9-7-26)20(27)24-18(12-23)14-30-13-16-4-3-5-17(22)11-16/h3-5,11,15,18-19H,6-10,13-14H2,1-2H3,(H,24,27)(H,25,28)/t18?,19-/m0/s1. The van der Waals surface area contributed by atoms with E-state index in [0.717, 1.165) is 5.56 Å². The van der Waals surface area contributed by atoms with Crippen molar-refractivity contribution in [1.29, 1.82) is 5.26 Å². The summed E-state index contributed by atoms with van der Waals surface area (Å²) in [5, 5.41) is 15.5. The number of nitrogens with zero attached hydrogens (tertiary/aromatic N) is 2. The van der Waals surface area contributed by atoms with Crippen LogP contribution in [0.4, 0.5) is 4.79 Å². The fourth-order valence-corrected chi connectivity index (χ4v) is 3.23. The lowest BCUT2D eigenvalue weighted by molar-refractivity contribution is -0.124. The van der Waals surface area contributed by atoms with E-state index in [0.29, 0.717) is 37.7 Å². The lowest BCUT2D eigenvalue weighted by atomic mass is 10.0. The van der Waals surface area contributed by atoms with E-state index in [1.54, 1.807) is 17.0 Å². The molecule has 8 nitrogen and oxygen atoms in total. The van der Waals surface area contributed by atoms with Crippen LogP contribution in [0, 0.1) is 17.2 Å². The van der Waals surface area contributed by atoms with Crippen LogP contribution >= 0.6 is 11.6 Å². The third-order valence-corrected chi connectivity index (χ3v) is 4.77. The van der Waals surface area contributed by atoms with Gasteiger partial charge in [-0.05, 0) is 30.0 Å². The van der Waals surface area contributed by atoms with E-state index in [9.17, 15) is 14.9 Å². The zero-order chi connectivity index (χ0) is 21.9. The molecule has 3 amide bonds. The molecule has 0 radical (unpaired) electrons. The summed E-state index contributed by atoms with van der Waals surface area (Å²) < 4.78 is 10.8. The lowest BCUT2D eigenvalue weighted by Gasteiger charge is -2.29. The Bertz CT molecular complexity index is 747. The van der Waals surface area contributed by atoms with Crippen LogP contribution in [0.2, 0.25) is 5.02 Å². The first-order valence-corrected chi connectivity index (χ1v) is 10.4. The number of carbonyl (C=O) groups excluding carboxylic acids is 2. The molecule has 2 N–H and O–H groups in total. The number of hydrogen-bond donors (Lipinski definition) is 2. The van der Waals surface area contributed by atoms with Crippen molar-refractivity contribution in [2.45, 2.75) is 39.0 Å². The molecule has 1 aromatic rings. The van der Waals surface area contributed by atoms with E-state index < -0.39 is 18.0 Å². The average molecular weight is 437 g/mol. The van der Waals surface area contributed by atoms with Gasteiger partial charge in [-0.3, -0.25) is 4.79 Å². The Kier molecular flexibility index (Phi) is 9.87. The summed E-state index contributed by atoms with van der Waals surface area (Å²) in [5.74, 6) is -0.214. The van der Waals surface area contributed by atoms with Gasteiger partial charge in [0.15, 0.2) is 0 Å². The fourth-order valence-electron chi connectivity index (χ4n) is 3.01. The second kappa shape index (κ2) is 12.4. The fraction of sp³-hybridized carbons (Fsp3) is 0.571. The Morgan fingerprint density at radius 1 is 1.30 bits per heavy atom. The molecule has 0 saturated carbocycles. The highest BCUT2D eigenvalue weighted by Gasteiger charge is 2.27. The predicted octanol–water partition coefficient (Wildman–Crippen LogP) is 2.32. The minimum atomic E-state index is -0.827. The SMILES string of the molecule is CC(C)C[C@H](NC(=O)N1CCOCC1)C(=O)NC(C#N)COCc1cccc(Cl)c1. The second-order valence-electron chi connectivity index (χ2n) is 7.57. The van der Waals surface area contributed by atoms with E-state index in [4.69, 9.17) is 21.1 Å². The van der Waals surface area contributed by atoms with Crippen molar-refractivity contribution in [2.24, 2.45) is 5.92 Å². The zero-order valence-electron chi connectivity index (χ0n) is 17.4. The Balaban J connectivity index is 1.88. The smallest absolute Gasteiger partial charge is 0.318 e. The van der Waals surface area contributed by atoms with Gasteiger partial charge >= 0.3 is 6.03 Å². The van der Waals surface area contributed by atoms with Gasteiger partial charge in [0.25, 0.3) is 0 Å². The molecular formula is C21H29ClN4O4. The molecule has 1 fully saturated rings. The highest BCUT2D eigenvalue weighted by molar-refractivity contribution is 6.30. The van der Waals surface area contributed by atoms with Crippen molar-refractivity contribution in [1.82, 2.24) is 15.5 Å². The Hall–Kier alpha value is -2.34. The molecule has 1 aliphatic heterocycles. The molecule has 0 bridgehead atoms. The first kappa shape index (κ1) is 23.9. The molecule has 2 rings (SSSR count). The number of halogens is 1. The summed E-state index contributed by atoms with van der Waals surface area (Å²) in [5.41, 5.74) is 0.876. The summed E-state index contributed by atoms with van der Waals surface area (Å²) in [6.45, 7) is 6.18. The maximum absolute atomic E-state index is 12.8. The van der Waals surface area contributed by atoms with Gasteiger partial charge in [-0.2, -0.15) is 5.26 Å². The molecule has 164 valence electrons. The van der Waals surface area contributed by atoms with Crippen LogP contribution in [0.5, 0.6) is 0 Å². The topological polar surface area (TPSA) is 104 Å². The normalized spacial score (nSPS) is 15.9. The number of urea groups is 1. The van der Waals surface area contributed by atoms with Crippen molar-refractivity contribution >= 4 is 23.5 Å². The highest BCUT2D eigenvalue weighted by Crippen LogP contribution is 2.12. The summed E-state index contributed by atoms with van der Waals surface area (Å²) in [4.78, 5) is 26.9. The molecular weight excluding hydrogens is 408 g/mol. The molecule has 1 unspecified atom stereocenters. The van der Waals surface area contributed by atoms with E-state index in [-0.39, 0.29) is 25.2 Å². The van der Waals surface area contributed by atoms with Gasteiger partial charge in [-0.25, -0.2) is 4.79 Å². The molecule has 1 aromatic carbocycles. The van der Waals surface area contributed by atoms with Gasteiger partial charge in [-0.1, -0.05) is 37.6 Å². The monoisotopic (exact) mass is 436 g/mol. The van der Waals surface area contributed by atoms with Crippen molar-refractivity contribution in [3.8, 4) is 6.07 Å². The number of hydrogen-bond acceptors (Lipinski definition) is 5. The molecule has 0 aliphatic carbocycles. The molecule has 30 heavy (non-hydrogen) atoms. The Labute approximate surface area is 182 Å². The molecule has 9 heteroatoms. The largest absolute Gasteiger partial charge is 0.378 e. The number of nitriles is 1. The summed E-state index contributed by atoms with van der Waals surface area (Å²) in [6.07, 6.45) is 0.462. The van der Waals surface area contributed by atoms with Crippen LogP contribution < -0.4 is 10.6 Å². The number of carbonyl (C=O) groups is 2. The third kappa shape index (κ3) is 8.19. The number of ether oxygens (including phenoxy) is 2. The maximum atomic E-state index is 12.8. The van der Waals surface area contributed by atoms with Crippen molar-refractivity contribution < 1.29 is 19.1 Å². The first-order chi connectivity index (χ1) is 14.4. The van der Waals surface area contributed by atoms with Crippen molar-refractivity contribution in [3.05, 3.63) is 34.9 Å². The van der Waals surface area contributed by atoms with Gasteiger partial charge in [0.1, 0.15) is 12.1 Å². The minimum Gasteiger partial charge on any atom is -0.378 e. The van der Waals surface area contributed by atoms with Gasteiger partial charge in [0, 0.05) is 18.1 Å². The molecule has 0 aromatic heterocycles. The van der Waals surface area contributed by atoms with Crippen LogP contribution in [0.1, 0.15) is 25.8 Å². The predicted molar refractivity (Wildman–Crippen MR) is 113 cm³/mol. The van der Waals surface area contributed by atoms with Crippen LogP contribution in [-0.2, 0) is 20.9 Å². The minimum absolute atomic E-state index is 0.0283. The first-order valence-electron chi connectivity index (χ1n) is 10.0. The Morgan fingerprint density at radius 3 is 2.67 bits per heavy atom. The van der Waals surface area contributed by atoms with Gasteiger partial charge < -0.3 is 25.0 Å².